The molecule has 2 aromatic carbocycles. The Hall–Kier alpha value is -1.31. The van der Waals surface area contributed by atoms with E-state index in [1.807, 2.05) is 18.2 Å². The standard InChI is InChI=1S/C17H20ClN/c1-12-7-13(2)9-14(8-12)10-15(11-19)16-5-3-4-6-17(16)18/h3-9,15H,10-11,19H2,1-2H3. The minimum atomic E-state index is 0.273. The molecular weight excluding hydrogens is 254 g/mol. The van der Waals surface area contributed by atoms with Gasteiger partial charge < -0.3 is 5.73 Å². The Morgan fingerprint density at radius 3 is 2.26 bits per heavy atom. The van der Waals surface area contributed by atoms with Gasteiger partial charge in [0.05, 0.1) is 0 Å². The molecule has 0 aliphatic heterocycles. The quantitative estimate of drug-likeness (QED) is 0.886. The van der Waals surface area contributed by atoms with Crippen LogP contribution in [0.25, 0.3) is 0 Å². The third kappa shape index (κ3) is 3.59. The third-order valence-corrected chi connectivity index (χ3v) is 3.74. The molecule has 2 N–H and O–H groups in total. The summed E-state index contributed by atoms with van der Waals surface area (Å²) >= 11 is 6.27. The van der Waals surface area contributed by atoms with Crippen molar-refractivity contribution in [3.8, 4) is 0 Å². The fourth-order valence-corrected chi connectivity index (χ4v) is 2.89. The van der Waals surface area contributed by atoms with Crippen molar-refractivity contribution < 1.29 is 0 Å². The molecule has 0 saturated heterocycles. The SMILES string of the molecule is Cc1cc(C)cc(CC(CN)c2ccccc2Cl)c1. The number of hydrogen-bond donors (Lipinski definition) is 1. The molecular formula is C17H20ClN. The molecule has 0 bridgehead atoms. The second-order valence-electron chi connectivity index (χ2n) is 5.15. The Kier molecular flexibility index (Phi) is 4.62. The van der Waals surface area contributed by atoms with E-state index < -0.39 is 0 Å². The normalized spacial score (nSPS) is 12.4. The maximum atomic E-state index is 6.27. The van der Waals surface area contributed by atoms with E-state index in [0.29, 0.717) is 6.54 Å². The zero-order valence-corrected chi connectivity index (χ0v) is 12.2. The first-order chi connectivity index (χ1) is 9.10. The molecule has 0 heterocycles. The smallest absolute Gasteiger partial charge is 0.0441 e. The summed E-state index contributed by atoms with van der Waals surface area (Å²) in [7, 11) is 0. The highest BCUT2D eigenvalue weighted by Gasteiger charge is 2.13. The maximum Gasteiger partial charge on any atom is 0.0441 e. The van der Waals surface area contributed by atoms with E-state index in [9.17, 15) is 0 Å². The molecule has 0 aliphatic rings. The van der Waals surface area contributed by atoms with E-state index in [2.05, 4.69) is 38.1 Å². The van der Waals surface area contributed by atoms with Crippen molar-refractivity contribution in [3.63, 3.8) is 0 Å². The van der Waals surface area contributed by atoms with Crippen molar-refractivity contribution in [1.29, 1.82) is 0 Å². The molecule has 0 spiro atoms. The highest BCUT2D eigenvalue weighted by molar-refractivity contribution is 6.31. The number of aryl methyl sites for hydroxylation is 2. The van der Waals surface area contributed by atoms with Crippen molar-refractivity contribution in [3.05, 3.63) is 69.7 Å². The lowest BCUT2D eigenvalue weighted by atomic mass is 9.91. The van der Waals surface area contributed by atoms with Crippen LogP contribution >= 0.6 is 11.6 Å². The Morgan fingerprint density at radius 1 is 1.05 bits per heavy atom. The van der Waals surface area contributed by atoms with Crippen LogP contribution in [0.15, 0.2) is 42.5 Å². The number of nitrogens with two attached hydrogens (primary N) is 1. The number of hydrogen-bond acceptors (Lipinski definition) is 1. The van der Waals surface area contributed by atoms with Gasteiger partial charge in [-0.25, -0.2) is 0 Å². The lowest BCUT2D eigenvalue weighted by Crippen LogP contribution is -2.15. The Morgan fingerprint density at radius 2 is 1.68 bits per heavy atom. The van der Waals surface area contributed by atoms with Gasteiger partial charge >= 0.3 is 0 Å². The Bertz CT molecular complexity index is 543. The molecule has 100 valence electrons. The zero-order valence-electron chi connectivity index (χ0n) is 11.5. The highest BCUT2D eigenvalue weighted by Crippen LogP contribution is 2.27. The van der Waals surface area contributed by atoms with Crippen LogP contribution in [0.2, 0.25) is 5.02 Å². The van der Waals surface area contributed by atoms with Gasteiger partial charge in [0.25, 0.3) is 0 Å². The predicted octanol–water partition coefficient (Wildman–Crippen LogP) is 4.24. The summed E-state index contributed by atoms with van der Waals surface area (Å²) in [6.07, 6.45) is 0.933. The second kappa shape index (κ2) is 6.23. The molecule has 0 fully saturated rings. The maximum absolute atomic E-state index is 6.27. The van der Waals surface area contributed by atoms with Gasteiger partial charge in [-0.15, -0.1) is 0 Å². The van der Waals surface area contributed by atoms with Crippen molar-refractivity contribution >= 4 is 11.6 Å². The molecule has 0 aromatic heterocycles. The molecule has 0 aliphatic carbocycles. The molecule has 1 atom stereocenters. The zero-order chi connectivity index (χ0) is 13.8. The monoisotopic (exact) mass is 273 g/mol. The van der Waals surface area contributed by atoms with Crippen molar-refractivity contribution in [2.24, 2.45) is 5.73 Å². The lowest BCUT2D eigenvalue weighted by molar-refractivity contribution is 0.694. The summed E-state index contributed by atoms with van der Waals surface area (Å²) in [5.74, 6) is 0.273. The minimum Gasteiger partial charge on any atom is -0.330 e. The van der Waals surface area contributed by atoms with Crippen molar-refractivity contribution in [1.82, 2.24) is 0 Å². The molecule has 1 unspecified atom stereocenters. The number of halogens is 1. The average molecular weight is 274 g/mol. The van der Waals surface area contributed by atoms with Crippen molar-refractivity contribution in [2.45, 2.75) is 26.2 Å². The molecule has 1 nitrogen and oxygen atoms in total. The molecule has 0 amide bonds. The first kappa shape index (κ1) is 14.1. The van der Waals surface area contributed by atoms with Crippen LogP contribution in [0, 0.1) is 13.8 Å². The van der Waals surface area contributed by atoms with Gasteiger partial charge in [0.15, 0.2) is 0 Å². The van der Waals surface area contributed by atoms with Crippen LogP contribution in [0.1, 0.15) is 28.2 Å². The fourth-order valence-electron chi connectivity index (χ4n) is 2.60. The number of rotatable bonds is 4. The summed E-state index contributed by atoms with van der Waals surface area (Å²) in [6, 6.07) is 14.6. The summed E-state index contributed by atoms with van der Waals surface area (Å²) < 4.78 is 0. The van der Waals surface area contributed by atoms with Gasteiger partial charge in [0.2, 0.25) is 0 Å². The first-order valence-corrected chi connectivity index (χ1v) is 6.99. The van der Waals surface area contributed by atoms with Crippen LogP contribution in [0.4, 0.5) is 0 Å². The van der Waals surface area contributed by atoms with Gasteiger partial charge in [-0.1, -0.05) is 59.1 Å². The molecule has 2 rings (SSSR count). The average Bonchev–Trinajstić information content (AvgIpc) is 2.36. The van der Waals surface area contributed by atoms with E-state index in [0.717, 1.165) is 17.0 Å². The van der Waals surface area contributed by atoms with E-state index in [-0.39, 0.29) is 5.92 Å². The van der Waals surface area contributed by atoms with Crippen LogP contribution in [0.5, 0.6) is 0 Å². The molecule has 0 radical (unpaired) electrons. The lowest BCUT2D eigenvalue weighted by Gasteiger charge is -2.17. The van der Waals surface area contributed by atoms with Crippen LogP contribution in [-0.2, 0) is 6.42 Å². The van der Waals surface area contributed by atoms with Gasteiger partial charge in [0, 0.05) is 10.9 Å². The molecule has 19 heavy (non-hydrogen) atoms. The summed E-state index contributed by atoms with van der Waals surface area (Å²) in [5.41, 5.74) is 11.0. The Labute approximate surface area is 120 Å². The van der Waals surface area contributed by atoms with E-state index in [1.165, 1.54) is 16.7 Å². The van der Waals surface area contributed by atoms with Crippen LogP contribution in [0.3, 0.4) is 0 Å². The largest absolute Gasteiger partial charge is 0.330 e. The van der Waals surface area contributed by atoms with E-state index >= 15 is 0 Å². The summed E-state index contributed by atoms with van der Waals surface area (Å²) in [4.78, 5) is 0. The Balaban J connectivity index is 2.26. The first-order valence-electron chi connectivity index (χ1n) is 6.62. The van der Waals surface area contributed by atoms with Crippen LogP contribution in [-0.4, -0.2) is 6.54 Å². The second-order valence-corrected chi connectivity index (χ2v) is 5.56. The van der Waals surface area contributed by atoms with Crippen LogP contribution < -0.4 is 5.73 Å². The topological polar surface area (TPSA) is 26.0 Å². The number of benzene rings is 2. The highest BCUT2D eigenvalue weighted by atomic mass is 35.5. The fraction of sp³-hybridized carbons (Fsp3) is 0.294. The third-order valence-electron chi connectivity index (χ3n) is 3.39. The van der Waals surface area contributed by atoms with E-state index in [4.69, 9.17) is 17.3 Å². The summed E-state index contributed by atoms with van der Waals surface area (Å²) in [5, 5.41) is 0.808. The minimum absolute atomic E-state index is 0.273. The van der Waals surface area contributed by atoms with Gasteiger partial charge in [-0.05, 0) is 44.0 Å². The van der Waals surface area contributed by atoms with Gasteiger partial charge in [-0.3, -0.25) is 0 Å². The van der Waals surface area contributed by atoms with Crippen molar-refractivity contribution in [2.75, 3.05) is 6.54 Å². The molecule has 2 heteroatoms. The van der Waals surface area contributed by atoms with E-state index in [1.54, 1.807) is 0 Å². The van der Waals surface area contributed by atoms with Gasteiger partial charge in [-0.2, -0.15) is 0 Å². The summed E-state index contributed by atoms with van der Waals surface area (Å²) in [6.45, 7) is 4.86. The predicted molar refractivity (Wildman–Crippen MR) is 82.9 cm³/mol. The van der Waals surface area contributed by atoms with Gasteiger partial charge in [0.1, 0.15) is 0 Å². The molecule has 2 aromatic rings. The molecule has 0 saturated carbocycles.